The fraction of sp³-hybridized carbons (Fsp3) is 0.400. The lowest BCUT2D eigenvalue weighted by Gasteiger charge is -2.32. The van der Waals surface area contributed by atoms with Crippen LogP contribution in [0.25, 0.3) is 0 Å². The third-order valence-corrected chi connectivity index (χ3v) is 5.19. The van der Waals surface area contributed by atoms with Crippen LogP contribution in [0.4, 0.5) is 23.4 Å². The summed E-state index contributed by atoms with van der Waals surface area (Å²) in [6.07, 6.45) is -2.10. The van der Waals surface area contributed by atoms with E-state index in [1.165, 1.54) is 12.1 Å². The Morgan fingerprint density at radius 2 is 1.97 bits per heavy atom. The van der Waals surface area contributed by atoms with E-state index in [2.05, 4.69) is 10.3 Å². The van der Waals surface area contributed by atoms with Crippen LogP contribution in [0.2, 0.25) is 5.02 Å². The molecule has 1 aliphatic rings. The second-order valence-corrected chi connectivity index (χ2v) is 7.37. The van der Waals surface area contributed by atoms with Gasteiger partial charge in [0.05, 0.1) is 10.6 Å². The number of halogens is 5. The van der Waals surface area contributed by atoms with Gasteiger partial charge < -0.3 is 10.2 Å². The summed E-state index contributed by atoms with van der Waals surface area (Å²) in [6.45, 7) is 1.36. The largest absolute Gasteiger partial charge is 0.417 e. The van der Waals surface area contributed by atoms with E-state index < -0.39 is 11.7 Å². The fourth-order valence-corrected chi connectivity index (χ4v) is 3.62. The van der Waals surface area contributed by atoms with Gasteiger partial charge in [-0.15, -0.1) is 0 Å². The van der Waals surface area contributed by atoms with Crippen molar-refractivity contribution in [2.75, 3.05) is 24.5 Å². The lowest BCUT2D eigenvalue weighted by Crippen LogP contribution is -2.41. The van der Waals surface area contributed by atoms with Gasteiger partial charge in [-0.05, 0) is 43.0 Å². The van der Waals surface area contributed by atoms with Gasteiger partial charge in [0.25, 0.3) is 0 Å². The number of pyridine rings is 1. The second-order valence-electron chi connectivity index (χ2n) is 6.96. The number of carbonyl (C=O) groups is 1. The minimum atomic E-state index is -4.49. The van der Waals surface area contributed by atoms with E-state index in [9.17, 15) is 22.4 Å². The molecule has 2 aromatic rings. The van der Waals surface area contributed by atoms with E-state index in [0.717, 1.165) is 17.8 Å². The molecule has 156 valence electrons. The van der Waals surface area contributed by atoms with Crippen LogP contribution in [-0.4, -0.2) is 30.5 Å². The fourth-order valence-electron chi connectivity index (χ4n) is 3.34. The summed E-state index contributed by atoms with van der Waals surface area (Å²) in [5, 5.41) is 2.81. The number of carbonyl (C=O) groups excluding carboxylic acids is 1. The van der Waals surface area contributed by atoms with Crippen molar-refractivity contribution in [2.24, 2.45) is 5.92 Å². The van der Waals surface area contributed by atoms with Gasteiger partial charge in [0.15, 0.2) is 0 Å². The highest BCUT2D eigenvalue weighted by Gasteiger charge is 2.33. The Kier molecular flexibility index (Phi) is 6.62. The van der Waals surface area contributed by atoms with Crippen LogP contribution in [0.3, 0.4) is 0 Å². The van der Waals surface area contributed by atoms with E-state index in [-0.39, 0.29) is 22.7 Å². The molecule has 3 rings (SSSR count). The maximum absolute atomic E-state index is 13.2. The second kappa shape index (κ2) is 8.98. The van der Waals surface area contributed by atoms with Crippen molar-refractivity contribution in [3.63, 3.8) is 0 Å². The third kappa shape index (κ3) is 5.59. The summed E-state index contributed by atoms with van der Waals surface area (Å²) in [6, 6.07) is 7.10. The number of piperidine rings is 1. The number of alkyl halides is 3. The Hall–Kier alpha value is -2.35. The predicted octanol–water partition coefficient (Wildman–Crippen LogP) is 4.47. The topological polar surface area (TPSA) is 45.2 Å². The molecule has 29 heavy (non-hydrogen) atoms. The van der Waals surface area contributed by atoms with Gasteiger partial charge in [-0.1, -0.05) is 23.7 Å². The average molecular weight is 430 g/mol. The molecule has 0 atom stereocenters. The Labute approximate surface area is 170 Å². The molecule has 1 aliphatic heterocycles. The molecule has 1 aromatic carbocycles. The van der Waals surface area contributed by atoms with Crippen molar-refractivity contribution in [3.05, 3.63) is 58.5 Å². The number of aromatic nitrogens is 1. The predicted molar refractivity (Wildman–Crippen MR) is 102 cm³/mol. The first-order valence-corrected chi connectivity index (χ1v) is 9.61. The van der Waals surface area contributed by atoms with E-state index in [1.54, 1.807) is 17.0 Å². The van der Waals surface area contributed by atoms with E-state index in [0.29, 0.717) is 44.7 Å². The summed E-state index contributed by atoms with van der Waals surface area (Å²) in [4.78, 5) is 18.0. The van der Waals surface area contributed by atoms with E-state index in [4.69, 9.17) is 11.6 Å². The lowest BCUT2D eigenvalue weighted by molar-refractivity contribution is -0.137. The number of nitrogens with zero attached hydrogens (tertiary/aromatic N) is 2. The molecule has 1 saturated heterocycles. The zero-order valence-corrected chi connectivity index (χ0v) is 16.2. The molecular weight excluding hydrogens is 410 g/mol. The Morgan fingerprint density at radius 3 is 2.59 bits per heavy atom. The lowest BCUT2D eigenvalue weighted by atomic mass is 9.95. The van der Waals surface area contributed by atoms with Gasteiger partial charge in [-0.3, -0.25) is 4.79 Å². The first-order valence-electron chi connectivity index (χ1n) is 9.24. The van der Waals surface area contributed by atoms with Crippen LogP contribution >= 0.6 is 11.6 Å². The van der Waals surface area contributed by atoms with E-state index >= 15 is 0 Å². The molecule has 0 spiro atoms. The molecule has 9 heteroatoms. The summed E-state index contributed by atoms with van der Waals surface area (Å²) in [5.41, 5.74) is -0.0815. The highest BCUT2D eigenvalue weighted by atomic mass is 35.5. The normalized spacial score (nSPS) is 15.4. The van der Waals surface area contributed by atoms with E-state index in [1.807, 2.05) is 0 Å². The number of nitrogens with one attached hydrogen (secondary N) is 1. The molecule has 0 saturated carbocycles. The number of hydrogen-bond acceptors (Lipinski definition) is 3. The first-order chi connectivity index (χ1) is 13.7. The number of anilines is 1. The molecule has 1 aromatic heterocycles. The Balaban J connectivity index is 1.49. The quantitative estimate of drug-likeness (QED) is 0.713. The number of amides is 1. The van der Waals surface area contributed by atoms with Crippen molar-refractivity contribution >= 4 is 23.3 Å². The summed E-state index contributed by atoms with van der Waals surface area (Å²) < 4.78 is 51.4. The van der Waals surface area contributed by atoms with Crippen LogP contribution in [-0.2, 0) is 17.4 Å². The SMILES string of the molecule is O=C(NCCc1cccc(F)c1)C1CCN(c2ncc(C(F)(F)F)cc2Cl)CC1. The van der Waals surface area contributed by atoms with Crippen LogP contribution in [0.1, 0.15) is 24.0 Å². The van der Waals surface area contributed by atoms with Crippen LogP contribution in [0, 0.1) is 11.7 Å². The molecule has 0 bridgehead atoms. The molecule has 1 fully saturated rings. The monoisotopic (exact) mass is 429 g/mol. The smallest absolute Gasteiger partial charge is 0.356 e. The Morgan fingerprint density at radius 1 is 1.24 bits per heavy atom. The van der Waals surface area contributed by atoms with Crippen LogP contribution < -0.4 is 10.2 Å². The van der Waals surface area contributed by atoms with Crippen LogP contribution in [0.15, 0.2) is 36.5 Å². The molecule has 0 unspecified atom stereocenters. The van der Waals surface area contributed by atoms with Gasteiger partial charge in [-0.25, -0.2) is 9.37 Å². The maximum atomic E-state index is 13.2. The third-order valence-electron chi connectivity index (χ3n) is 4.92. The summed E-state index contributed by atoms with van der Waals surface area (Å²) in [7, 11) is 0. The highest BCUT2D eigenvalue weighted by molar-refractivity contribution is 6.33. The standard InChI is InChI=1S/C20H20ClF4N3O/c21-17-11-15(20(23,24)25)12-27-18(17)28-8-5-14(6-9-28)19(29)26-7-4-13-2-1-3-16(22)10-13/h1-3,10-12,14H,4-9H2,(H,26,29). The van der Waals surface area contributed by atoms with Crippen molar-refractivity contribution < 1.29 is 22.4 Å². The van der Waals surface area contributed by atoms with Crippen LogP contribution in [0.5, 0.6) is 0 Å². The van der Waals surface area contributed by atoms with Crippen molar-refractivity contribution in [1.82, 2.24) is 10.3 Å². The molecule has 2 heterocycles. The summed E-state index contributed by atoms with van der Waals surface area (Å²) in [5.74, 6) is -0.277. The van der Waals surface area contributed by atoms with Gasteiger partial charge in [0, 0.05) is 31.7 Å². The number of rotatable bonds is 5. The van der Waals surface area contributed by atoms with Crippen molar-refractivity contribution in [3.8, 4) is 0 Å². The molecular formula is C20H20ClF4N3O. The van der Waals surface area contributed by atoms with Crippen molar-refractivity contribution in [2.45, 2.75) is 25.4 Å². The summed E-state index contributed by atoms with van der Waals surface area (Å²) >= 11 is 6.00. The van der Waals surface area contributed by atoms with Gasteiger partial charge in [0.1, 0.15) is 11.6 Å². The van der Waals surface area contributed by atoms with Gasteiger partial charge >= 0.3 is 6.18 Å². The number of benzene rings is 1. The molecule has 0 radical (unpaired) electrons. The first kappa shape index (κ1) is 21.4. The zero-order chi connectivity index (χ0) is 21.0. The molecule has 1 amide bonds. The zero-order valence-electron chi connectivity index (χ0n) is 15.5. The van der Waals surface area contributed by atoms with Crippen molar-refractivity contribution in [1.29, 1.82) is 0 Å². The highest BCUT2D eigenvalue weighted by Crippen LogP contribution is 2.34. The van der Waals surface area contributed by atoms with Gasteiger partial charge in [-0.2, -0.15) is 13.2 Å². The average Bonchev–Trinajstić information content (AvgIpc) is 2.67. The minimum absolute atomic E-state index is 0.0576. The molecule has 1 N–H and O–H groups in total. The number of hydrogen-bond donors (Lipinski definition) is 1. The maximum Gasteiger partial charge on any atom is 0.417 e. The Bertz CT molecular complexity index is 867. The molecule has 0 aliphatic carbocycles. The van der Waals surface area contributed by atoms with Gasteiger partial charge in [0.2, 0.25) is 5.91 Å². The minimum Gasteiger partial charge on any atom is -0.356 e. The molecule has 4 nitrogen and oxygen atoms in total.